The highest BCUT2D eigenvalue weighted by Gasteiger charge is 2.44. The van der Waals surface area contributed by atoms with Gasteiger partial charge in [0.25, 0.3) is 5.92 Å². The summed E-state index contributed by atoms with van der Waals surface area (Å²) in [5.74, 6) is -2.89. The lowest BCUT2D eigenvalue weighted by Crippen LogP contribution is -2.15. The fourth-order valence-corrected chi connectivity index (χ4v) is 2.96. The zero-order chi connectivity index (χ0) is 15.4. The van der Waals surface area contributed by atoms with E-state index in [4.69, 9.17) is 0 Å². The molecular formula is C19H20F2. The first-order chi connectivity index (χ1) is 9.75. The first kappa shape index (κ1) is 14.2. The molecule has 2 aromatic carbocycles. The standard InChI is InChI=1S/C19H20F2/c1-5-12-6-8-14-15-9-7-13(18(2,3)4)11-17(15)19(20,21)16(14)10-12/h6-11H,5H2,1-4H3. The number of hydrogen-bond acceptors (Lipinski definition) is 0. The summed E-state index contributed by atoms with van der Waals surface area (Å²) >= 11 is 0. The lowest BCUT2D eigenvalue weighted by Gasteiger charge is -2.21. The fraction of sp³-hybridized carbons (Fsp3) is 0.368. The van der Waals surface area contributed by atoms with E-state index in [1.165, 1.54) is 0 Å². The number of benzene rings is 2. The van der Waals surface area contributed by atoms with Crippen molar-refractivity contribution in [2.24, 2.45) is 0 Å². The SMILES string of the molecule is CCc1ccc2c(c1)C(F)(F)c1cc(C(C)(C)C)ccc1-2. The summed E-state index contributed by atoms with van der Waals surface area (Å²) in [5, 5.41) is 0. The molecule has 1 aliphatic rings. The highest BCUT2D eigenvalue weighted by Crippen LogP contribution is 2.51. The Labute approximate surface area is 124 Å². The van der Waals surface area contributed by atoms with Crippen molar-refractivity contribution in [3.8, 4) is 11.1 Å². The second-order valence-corrected chi connectivity index (χ2v) is 6.82. The van der Waals surface area contributed by atoms with E-state index in [0.29, 0.717) is 11.1 Å². The molecule has 0 radical (unpaired) electrons. The van der Waals surface area contributed by atoms with Gasteiger partial charge in [-0.25, -0.2) is 0 Å². The van der Waals surface area contributed by atoms with Crippen LogP contribution in [-0.2, 0) is 17.8 Å². The molecule has 0 unspecified atom stereocenters. The Morgan fingerprint density at radius 3 is 2.05 bits per heavy atom. The summed E-state index contributed by atoms with van der Waals surface area (Å²) in [6.07, 6.45) is 0.771. The summed E-state index contributed by atoms with van der Waals surface area (Å²) in [5.41, 5.74) is 3.43. The summed E-state index contributed by atoms with van der Waals surface area (Å²) in [6.45, 7) is 8.12. The predicted octanol–water partition coefficient (Wildman–Crippen LogP) is 5.67. The van der Waals surface area contributed by atoms with Crippen molar-refractivity contribution < 1.29 is 8.78 Å². The highest BCUT2D eigenvalue weighted by molar-refractivity contribution is 5.80. The summed E-state index contributed by atoms with van der Waals surface area (Å²) in [4.78, 5) is 0. The van der Waals surface area contributed by atoms with Crippen LogP contribution in [0.2, 0.25) is 0 Å². The van der Waals surface area contributed by atoms with E-state index in [2.05, 4.69) is 0 Å². The maximum Gasteiger partial charge on any atom is 0.299 e. The van der Waals surface area contributed by atoms with E-state index in [1.807, 2.05) is 52.0 Å². The van der Waals surface area contributed by atoms with Gasteiger partial charge in [-0.3, -0.25) is 0 Å². The predicted molar refractivity (Wildman–Crippen MR) is 83.0 cm³/mol. The van der Waals surface area contributed by atoms with Crippen molar-refractivity contribution in [1.29, 1.82) is 0 Å². The largest absolute Gasteiger partial charge is 0.299 e. The molecule has 0 fully saturated rings. The molecule has 2 heteroatoms. The number of fused-ring (bicyclic) bond motifs is 3. The van der Waals surface area contributed by atoms with Gasteiger partial charge in [0.15, 0.2) is 0 Å². The molecule has 0 spiro atoms. The Morgan fingerprint density at radius 1 is 0.905 bits per heavy atom. The minimum absolute atomic E-state index is 0.130. The average molecular weight is 286 g/mol. The zero-order valence-corrected chi connectivity index (χ0v) is 12.9. The van der Waals surface area contributed by atoms with Crippen LogP contribution in [0.25, 0.3) is 11.1 Å². The van der Waals surface area contributed by atoms with E-state index in [-0.39, 0.29) is 16.5 Å². The van der Waals surface area contributed by atoms with Crippen LogP contribution in [-0.4, -0.2) is 0 Å². The first-order valence-corrected chi connectivity index (χ1v) is 7.41. The third-order valence-corrected chi connectivity index (χ3v) is 4.34. The Hall–Kier alpha value is -1.70. The van der Waals surface area contributed by atoms with Gasteiger partial charge in [-0.05, 0) is 46.2 Å². The van der Waals surface area contributed by atoms with Gasteiger partial charge in [-0.1, -0.05) is 52.0 Å². The number of aryl methyl sites for hydroxylation is 1. The molecule has 1 aliphatic carbocycles. The number of alkyl halides is 2. The molecule has 0 N–H and O–H groups in total. The van der Waals surface area contributed by atoms with Crippen molar-refractivity contribution in [2.45, 2.75) is 45.5 Å². The lowest BCUT2D eigenvalue weighted by atomic mass is 9.85. The van der Waals surface area contributed by atoms with Crippen molar-refractivity contribution in [3.63, 3.8) is 0 Å². The Bertz CT molecular complexity index is 706. The highest BCUT2D eigenvalue weighted by atomic mass is 19.3. The summed E-state index contributed by atoms with van der Waals surface area (Å²) in [7, 11) is 0. The van der Waals surface area contributed by atoms with Gasteiger partial charge in [-0.15, -0.1) is 0 Å². The molecule has 0 saturated heterocycles. The Morgan fingerprint density at radius 2 is 1.48 bits per heavy atom. The molecule has 21 heavy (non-hydrogen) atoms. The molecule has 0 heterocycles. The van der Waals surface area contributed by atoms with Crippen molar-refractivity contribution >= 4 is 0 Å². The number of hydrogen-bond donors (Lipinski definition) is 0. The maximum atomic E-state index is 14.8. The third kappa shape index (κ3) is 2.08. The normalized spacial score (nSPS) is 15.7. The van der Waals surface area contributed by atoms with Gasteiger partial charge in [0.05, 0.1) is 0 Å². The quantitative estimate of drug-likeness (QED) is 0.634. The van der Waals surface area contributed by atoms with Crippen LogP contribution in [0.4, 0.5) is 8.78 Å². The molecule has 0 aromatic heterocycles. The van der Waals surface area contributed by atoms with Gasteiger partial charge in [0.2, 0.25) is 0 Å². The van der Waals surface area contributed by atoms with Gasteiger partial charge in [-0.2, -0.15) is 8.78 Å². The minimum atomic E-state index is -2.89. The van der Waals surface area contributed by atoms with E-state index < -0.39 is 5.92 Å². The Kier molecular flexibility index (Phi) is 2.98. The van der Waals surface area contributed by atoms with Gasteiger partial charge < -0.3 is 0 Å². The molecule has 0 amide bonds. The second kappa shape index (κ2) is 4.40. The van der Waals surface area contributed by atoms with Crippen LogP contribution < -0.4 is 0 Å². The minimum Gasteiger partial charge on any atom is -0.196 e. The molecule has 2 aromatic rings. The maximum absolute atomic E-state index is 14.8. The van der Waals surface area contributed by atoms with E-state index >= 15 is 0 Å². The summed E-state index contributed by atoms with van der Waals surface area (Å²) in [6, 6.07) is 10.9. The van der Waals surface area contributed by atoms with E-state index in [9.17, 15) is 8.78 Å². The Balaban J connectivity index is 2.23. The van der Waals surface area contributed by atoms with Gasteiger partial charge in [0.1, 0.15) is 0 Å². The lowest BCUT2D eigenvalue weighted by molar-refractivity contribution is 0.0478. The van der Waals surface area contributed by atoms with Gasteiger partial charge >= 0.3 is 0 Å². The molecule has 0 atom stereocenters. The molecule has 0 aliphatic heterocycles. The van der Waals surface area contributed by atoms with Crippen LogP contribution in [0.15, 0.2) is 36.4 Å². The van der Waals surface area contributed by atoms with Crippen molar-refractivity contribution in [2.75, 3.05) is 0 Å². The fourth-order valence-electron chi connectivity index (χ4n) is 2.96. The van der Waals surface area contributed by atoms with Crippen LogP contribution in [0, 0.1) is 0 Å². The first-order valence-electron chi connectivity index (χ1n) is 7.41. The number of rotatable bonds is 1. The van der Waals surface area contributed by atoms with E-state index in [0.717, 1.165) is 17.5 Å². The molecule has 0 nitrogen and oxygen atoms in total. The van der Waals surface area contributed by atoms with Crippen LogP contribution in [0.1, 0.15) is 49.9 Å². The molecule has 0 saturated carbocycles. The third-order valence-electron chi connectivity index (χ3n) is 4.34. The zero-order valence-electron chi connectivity index (χ0n) is 12.9. The van der Waals surface area contributed by atoms with Crippen LogP contribution in [0.3, 0.4) is 0 Å². The topological polar surface area (TPSA) is 0 Å². The van der Waals surface area contributed by atoms with Crippen LogP contribution in [0.5, 0.6) is 0 Å². The van der Waals surface area contributed by atoms with Gasteiger partial charge in [0, 0.05) is 11.1 Å². The monoisotopic (exact) mass is 286 g/mol. The van der Waals surface area contributed by atoms with Crippen molar-refractivity contribution in [1.82, 2.24) is 0 Å². The van der Waals surface area contributed by atoms with E-state index in [1.54, 1.807) is 12.1 Å². The molecule has 3 rings (SSSR count). The molecule has 0 bridgehead atoms. The number of halogens is 2. The smallest absolute Gasteiger partial charge is 0.196 e. The summed E-state index contributed by atoms with van der Waals surface area (Å²) < 4.78 is 29.6. The average Bonchev–Trinajstić information content (AvgIpc) is 2.66. The molecular weight excluding hydrogens is 266 g/mol. The second-order valence-electron chi connectivity index (χ2n) is 6.82. The molecule has 110 valence electrons. The van der Waals surface area contributed by atoms with Crippen LogP contribution >= 0.6 is 0 Å². The van der Waals surface area contributed by atoms with Crippen molar-refractivity contribution in [3.05, 3.63) is 58.7 Å².